The molecule has 2 aromatic carbocycles. The molecule has 152 valence electrons. The van der Waals surface area contributed by atoms with E-state index >= 15 is 0 Å². The lowest BCUT2D eigenvalue weighted by atomic mass is 10.1. The number of nitrogens with zero attached hydrogens (tertiary/aromatic N) is 3. The molecule has 30 heavy (non-hydrogen) atoms. The first-order chi connectivity index (χ1) is 14.4. The Morgan fingerprint density at radius 1 is 0.967 bits per heavy atom. The third-order valence-electron chi connectivity index (χ3n) is 5.47. The van der Waals surface area contributed by atoms with Gasteiger partial charge in [-0.1, -0.05) is 30.3 Å². The highest BCUT2D eigenvalue weighted by Crippen LogP contribution is 2.24. The van der Waals surface area contributed by atoms with Gasteiger partial charge in [0, 0.05) is 17.1 Å². The number of aromatic nitrogens is 3. The first-order valence-corrected chi connectivity index (χ1v) is 9.88. The average molecular weight is 400 g/mol. The minimum Gasteiger partial charge on any atom is -0.324 e. The van der Waals surface area contributed by atoms with Gasteiger partial charge in [0.05, 0.1) is 11.4 Å². The Bertz CT molecular complexity index is 1320. The Hall–Kier alpha value is -3.67. The summed E-state index contributed by atoms with van der Waals surface area (Å²) in [5, 5.41) is 8.50. The molecule has 0 atom stereocenters. The lowest BCUT2D eigenvalue weighted by Crippen LogP contribution is -2.29. The van der Waals surface area contributed by atoms with Gasteiger partial charge in [0.1, 0.15) is 12.2 Å². The van der Waals surface area contributed by atoms with E-state index in [1.165, 1.54) is 4.57 Å². The van der Waals surface area contributed by atoms with E-state index in [2.05, 4.69) is 10.4 Å². The van der Waals surface area contributed by atoms with Gasteiger partial charge in [0.15, 0.2) is 0 Å². The zero-order chi connectivity index (χ0) is 21.4. The number of para-hydroxylation sites is 1. The van der Waals surface area contributed by atoms with Crippen LogP contribution < -0.4 is 10.9 Å². The highest BCUT2D eigenvalue weighted by Gasteiger charge is 2.19. The van der Waals surface area contributed by atoms with Crippen molar-refractivity contribution in [1.29, 1.82) is 0 Å². The minimum absolute atomic E-state index is 0.0963. The lowest BCUT2D eigenvalue weighted by molar-refractivity contribution is -0.116. The third-order valence-corrected chi connectivity index (χ3v) is 5.47. The van der Waals surface area contributed by atoms with Crippen molar-refractivity contribution in [2.24, 2.45) is 0 Å². The Morgan fingerprint density at radius 3 is 2.43 bits per heavy atom. The van der Waals surface area contributed by atoms with Crippen molar-refractivity contribution in [2.45, 2.75) is 34.2 Å². The number of hydrogen-bond donors (Lipinski definition) is 1. The van der Waals surface area contributed by atoms with Crippen LogP contribution in [0.15, 0.2) is 59.4 Å². The molecule has 6 heteroatoms. The second-order valence-electron chi connectivity index (χ2n) is 7.58. The number of fused-ring (bicyclic) bond motifs is 1. The first kappa shape index (κ1) is 19.6. The van der Waals surface area contributed by atoms with Gasteiger partial charge in [0.2, 0.25) is 5.91 Å². The number of carbonyl (C=O) groups excluding carboxylic acids is 1. The Balaban J connectivity index is 1.81. The van der Waals surface area contributed by atoms with Crippen LogP contribution in [0.1, 0.15) is 22.4 Å². The molecule has 0 aliphatic heterocycles. The predicted molar refractivity (Wildman–Crippen MR) is 119 cm³/mol. The van der Waals surface area contributed by atoms with Gasteiger partial charge < -0.3 is 5.32 Å². The molecular formula is C24H24N4O2. The summed E-state index contributed by atoms with van der Waals surface area (Å²) in [6, 6.07) is 17.0. The van der Waals surface area contributed by atoms with Gasteiger partial charge in [-0.05, 0) is 62.6 Å². The quantitative estimate of drug-likeness (QED) is 0.562. The van der Waals surface area contributed by atoms with Gasteiger partial charge in [-0.2, -0.15) is 5.10 Å². The number of aryl methyl sites for hydroxylation is 3. The van der Waals surface area contributed by atoms with Crippen LogP contribution in [-0.4, -0.2) is 20.3 Å². The zero-order valence-electron chi connectivity index (χ0n) is 17.6. The summed E-state index contributed by atoms with van der Waals surface area (Å²) in [4.78, 5) is 25.8. The minimum atomic E-state index is -0.255. The summed E-state index contributed by atoms with van der Waals surface area (Å²) >= 11 is 0. The van der Waals surface area contributed by atoms with Gasteiger partial charge in [-0.25, -0.2) is 4.68 Å². The van der Waals surface area contributed by atoms with Gasteiger partial charge in [0.25, 0.3) is 5.56 Å². The third kappa shape index (κ3) is 3.41. The molecule has 0 unspecified atom stereocenters. The molecule has 0 aliphatic rings. The summed E-state index contributed by atoms with van der Waals surface area (Å²) in [7, 11) is 0. The fraction of sp³-hybridized carbons (Fsp3) is 0.208. The van der Waals surface area contributed by atoms with Crippen LogP contribution in [0.4, 0.5) is 5.69 Å². The fourth-order valence-corrected chi connectivity index (χ4v) is 3.79. The number of nitrogens with one attached hydrogen (secondary N) is 1. The van der Waals surface area contributed by atoms with Crippen LogP contribution in [0.25, 0.3) is 16.7 Å². The predicted octanol–water partition coefficient (Wildman–Crippen LogP) is 4.06. The van der Waals surface area contributed by atoms with Crippen molar-refractivity contribution in [2.75, 3.05) is 5.32 Å². The van der Waals surface area contributed by atoms with Crippen molar-refractivity contribution in [1.82, 2.24) is 14.3 Å². The van der Waals surface area contributed by atoms with E-state index in [-0.39, 0.29) is 18.0 Å². The highest BCUT2D eigenvalue weighted by molar-refractivity contribution is 5.93. The number of amides is 1. The monoisotopic (exact) mass is 400 g/mol. The van der Waals surface area contributed by atoms with Crippen LogP contribution in [0.2, 0.25) is 0 Å². The summed E-state index contributed by atoms with van der Waals surface area (Å²) in [5.74, 6) is -0.255. The molecule has 0 saturated heterocycles. The number of carbonyl (C=O) groups is 1. The molecule has 2 heterocycles. The molecule has 1 N–H and O–H groups in total. The van der Waals surface area contributed by atoms with E-state index < -0.39 is 0 Å². The number of benzene rings is 2. The van der Waals surface area contributed by atoms with Gasteiger partial charge in [-0.3, -0.25) is 14.2 Å². The van der Waals surface area contributed by atoms with E-state index in [0.29, 0.717) is 5.65 Å². The van der Waals surface area contributed by atoms with Crippen molar-refractivity contribution >= 4 is 22.6 Å². The molecule has 0 spiro atoms. The normalized spacial score (nSPS) is 11.1. The molecule has 0 fully saturated rings. The summed E-state index contributed by atoms with van der Waals surface area (Å²) in [5.41, 5.74) is 5.76. The topological polar surface area (TPSA) is 68.9 Å². The summed E-state index contributed by atoms with van der Waals surface area (Å²) in [6.07, 6.45) is 0. The van der Waals surface area contributed by atoms with Crippen molar-refractivity contribution in [3.63, 3.8) is 0 Å². The number of rotatable bonds is 4. The highest BCUT2D eigenvalue weighted by atomic mass is 16.2. The SMILES string of the molecule is Cc1cccc(NC(=O)Cn2c(=O)cc(C)c3c(C)nn(-c4ccccc4)c32)c1C. The molecule has 0 saturated carbocycles. The second kappa shape index (κ2) is 7.63. The maximum Gasteiger partial charge on any atom is 0.252 e. The number of pyridine rings is 1. The standard InChI is InChI=1S/C24H24N4O2/c1-15-9-8-12-20(17(15)3)25-21(29)14-27-22(30)13-16(2)23-18(4)26-28(24(23)27)19-10-6-5-7-11-19/h5-13H,14H2,1-4H3,(H,25,29). The summed E-state index contributed by atoms with van der Waals surface area (Å²) in [6.45, 7) is 7.68. The van der Waals surface area contributed by atoms with Crippen molar-refractivity contribution in [3.8, 4) is 5.69 Å². The van der Waals surface area contributed by atoms with E-state index in [9.17, 15) is 9.59 Å². The Morgan fingerprint density at radius 2 is 1.70 bits per heavy atom. The average Bonchev–Trinajstić information content (AvgIpc) is 3.07. The van der Waals surface area contributed by atoms with Crippen LogP contribution in [0.5, 0.6) is 0 Å². The largest absolute Gasteiger partial charge is 0.324 e. The van der Waals surface area contributed by atoms with Crippen LogP contribution in [0, 0.1) is 27.7 Å². The van der Waals surface area contributed by atoms with E-state index in [1.54, 1.807) is 10.7 Å². The Kier molecular flexibility index (Phi) is 4.99. The first-order valence-electron chi connectivity index (χ1n) is 9.88. The molecule has 4 aromatic rings. The molecule has 6 nitrogen and oxygen atoms in total. The van der Waals surface area contributed by atoms with E-state index in [4.69, 9.17) is 0 Å². The maximum atomic E-state index is 12.9. The van der Waals surface area contributed by atoms with E-state index in [1.807, 2.05) is 76.2 Å². The number of anilines is 1. The molecule has 4 rings (SSSR count). The second-order valence-corrected chi connectivity index (χ2v) is 7.58. The smallest absolute Gasteiger partial charge is 0.252 e. The van der Waals surface area contributed by atoms with Crippen LogP contribution in [-0.2, 0) is 11.3 Å². The molecule has 0 radical (unpaired) electrons. The van der Waals surface area contributed by atoms with Crippen molar-refractivity contribution in [3.05, 3.63) is 87.3 Å². The number of hydrogen-bond acceptors (Lipinski definition) is 3. The van der Waals surface area contributed by atoms with Gasteiger partial charge >= 0.3 is 0 Å². The van der Waals surface area contributed by atoms with Crippen molar-refractivity contribution < 1.29 is 4.79 Å². The van der Waals surface area contributed by atoms with Crippen LogP contribution in [0.3, 0.4) is 0 Å². The molecule has 2 aromatic heterocycles. The molecule has 1 amide bonds. The molecular weight excluding hydrogens is 376 g/mol. The van der Waals surface area contributed by atoms with Gasteiger partial charge in [-0.15, -0.1) is 0 Å². The Labute approximate surface area is 174 Å². The molecule has 0 aliphatic carbocycles. The zero-order valence-corrected chi connectivity index (χ0v) is 17.6. The lowest BCUT2D eigenvalue weighted by Gasteiger charge is -2.14. The maximum absolute atomic E-state index is 12.9. The molecule has 0 bridgehead atoms. The summed E-state index contributed by atoms with van der Waals surface area (Å²) < 4.78 is 3.24. The fourth-order valence-electron chi connectivity index (χ4n) is 3.79. The van der Waals surface area contributed by atoms with E-state index in [0.717, 1.165) is 39.1 Å². The van der Waals surface area contributed by atoms with Crippen LogP contribution >= 0.6 is 0 Å².